The molecule has 0 aliphatic heterocycles. The van der Waals surface area contributed by atoms with Gasteiger partial charge in [-0.3, -0.25) is 4.79 Å². The molecule has 2 rings (SSSR count). The van der Waals surface area contributed by atoms with E-state index in [-0.39, 0.29) is 17.9 Å². The van der Waals surface area contributed by atoms with Gasteiger partial charge in [0.05, 0.1) is 0 Å². The Morgan fingerprint density at radius 2 is 1.86 bits per heavy atom. The Bertz CT molecular complexity index is 680. The van der Waals surface area contributed by atoms with E-state index in [4.69, 9.17) is 5.11 Å². The van der Waals surface area contributed by atoms with Crippen LogP contribution in [0.25, 0.3) is 0 Å². The summed E-state index contributed by atoms with van der Waals surface area (Å²) < 4.78 is 14.3. The van der Waals surface area contributed by atoms with E-state index >= 15 is 0 Å². The first-order valence-electron chi connectivity index (χ1n) is 6.55. The van der Waals surface area contributed by atoms with Gasteiger partial charge in [0, 0.05) is 11.6 Å². The summed E-state index contributed by atoms with van der Waals surface area (Å²) in [7, 11) is 0. The zero-order valence-corrected chi connectivity index (χ0v) is 11.5. The molecular weight excluding hydrogens is 273 g/mol. The zero-order valence-electron chi connectivity index (χ0n) is 11.5. The number of carbonyl (C=O) groups excluding carboxylic acids is 1. The van der Waals surface area contributed by atoms with E-state index in [1.807, 2.05) is 6.92 Å². The lowest BCUT2D eigenvalue weighted by atomic mass is 10.1. The van der Waals surface area contributed by atoms with Crippen molar-refractivity contribution >= 4 is 11.8 Å². The number of ketones is 1. The third-order valence-corrected chi connectivity index (χ3v) is 3.21. The molecule has 5 heteroatoms. The van der Waals surface area contributed by atoms with Crippen molar-refractivity contribution in [2.45, 2.75) is 19.9 Å². The average molecular weight is 288 g/mol. The Hall–Kier alpha value is -2.56. The van der Waals surface area contributed by atoms with Crippen LogP contribution in [0.15, 0.2) is 42.7 Å². The number of carbonyl (C=O) groups is 2. The molecule has 4 nitrogen and oxygen atoms in total. The van der Waals surface area contributed by atoms with Gasteiger partial charge in [0.25, 0.3) is 0 Å². The first kappa shape index (κ1) is 14.8. The number of halogens is 1. The van der Waals surface area contributed by atoms with Crippen LogP contribution in [-0.2, 0) is 13.0 Å². The number of rotatable bonds is 5. The van der Waals surface area contributed by atoms with E-state index in [1.165, 1.54) is 35.0 Å². The van der Waals surface area contributed by atoms with Crippen LogP contribution in [0, 0.1) is 5.82 Å². The molecule has 1 heterocycles. The molecule has 0 unspecified atom stereocenters. The molecule has 2 aromatic rings. The number of nitrogens with zero attached hydrogens (tertiary/aromatic N) is 1. The highest BCUT2D eigenvalue weighted by Crippen LogP contribution is 2.08. The van der Waals surface area contributed by atoms with Crippen LogP contribution >= 0.6 is 0 Å². The standard InChI is InChI=1S/C16H14FNO3/c1-2-11-7-8-18(9-14(11)16(20)21)10-15(19)12-3-5-13(17)6-4-12/h3-9H,2,10H2,1H3/p+1. The van der Waals surface area contributed by atoms with Gasteiger partial charge in [-0.1, -0.05) is 6.92 Å². The number of hydrogen-bond acceptors (Lipinski definition) is 2. The van der Waals surface area contributed by atoms with Crippen molar-refractivity contribution in [3.8, 4) is 0 Å². The Balaban J connectivity index is 2.23. The van der Waals surface area contributed by atoms with Crippen LogP contribution in [0.1, 0.15) is 33.2 Å². The topological polar surface area (TPSA) is 58.2 Å². The molecule has 108 valence electrons. The Morgan fingerprint density at radius 3 is 2.43 bits per heavy atom. The number of carboxylic acid groups (broad SMARTS) is 1. The predicted molar refractivity (Wildman–Crippen MR) is 73.7 cm³/mol. The molecule has 1 aromatic heterocycles. The summed E-state index contributed by atoms with van der Waals surface area (Å²) in [6.45, 7) is 1.88. The summed E-state index contributed by atoms with van der Waals surface area (Å²) in [4.78, 5) is 23.3. The van der Waals surface area contributed by atoms with Crippen LogP contribution in [0.4, 0.5) is 4.39 Å². The van der Waals surface area contributed by atoms with E-state index in [2.05, 4.69) is 0 Å². The highest BCUT2D eigenvalue weighted by Gasteiger charge is 2.17. The Labute approximate surface area is 121 Å². The molecule has 0 fully saturated rings. The summed E-state index contributed by atoms with van der Waals surface area (Å²) in [5.41, 5.74) is 1.29. The molecule has 0 radical (unpaired) electrons. The summed E-state index contributed by atoms with van der Waals surface area (Å²) in [6, 6.07) is 6.97. The smallest absolute Gasteiger partial charge is 0.342 e. The molecule has 0 amide bonds. The lowest BCUT2D eigenvalue weighted by Gasteiger charge is -2.03. The lowest BCUT2D eigenvalue weighted by molar-refractivity contribution is -0.683. The molecule has 1 aromatic carbocycles. The Morgan fingerprint density at radius 1 is 1.19 bits per heavy atom. The normalized spacial score (nSPS) is 10.4. The van der Waals surface area contributed by atoms with Crippen LogP contribution in [0.2, 0.25) is 0 Å². The monoisotopic (exact) mass is 288 g/mol. The van der Waals surface area contributed by atoms with Crippen molar-refractivity contribution in [1.29, 1.82) is 0 Å². The van der Waals surface area contributed by atoms with E-state index in [1.54, 1.807) is 12.3 Å². The van der Waals surface area contributed by atoms with Crippen LogP contribution in [0.3, 0.4) is 0 Å². The van der Waals surface area contributed by atoms with Crippen molar-refractivity contribution in [2.24, 2.45) is 0 Å². The number of benzene rings is 1. The first-order chi connectivity index (χ1) is 10.0. The number of aromatic carboxylic acids is 1. The summed E-state index contributed by atoms with van der Waals surface area (Å²) >= 11 is 0. The summed E-state index contributed by atoms with van der Waals surface area (Å²) in [5.74, 6) is -1.63. The van der Waals surface area contributed by atoms with E-state index in [0.717, 1.165) is 0 Å². The van der Waals surface area contributed by atoms with Gasteiger partial charge in [-0.25, -0.2) is 9.18 Å². The fourth-order valence-corrected chi connectivity index (χ4v) is 2.06. The van der Waals surface area contributed by atoms with Crippen molar-refractivity contribution in [3.05, 3.63) is 65.2 Å². The highest BCUT2D eigenvalue weighted by atomic mass is 19.1. The van der Waals surface area contributed by atoms with Crippen LogP contribution < -0.4 is 4.57 Å². The largest absolute Gasteiger partial charge is 0.477 e. The molecule has 0 saturated carbocycles. The molecular formula is C16H15FNO3+. The van der Waals surface area contributed by atoms with Crippen LogP contribution in [0.5, 0.6) is 0 Å². The number of carboxylic acids is 1. The molecule has 0 saturated heterocycles. The van der Waals surface area contributed by atoms with Gasteiger partial charge in [0.2, 0.25) is 12.3 Å². The SMILES string of the molecule is CCc1cc[n+](CC(=O)c2ccc(F)cc2)cc1C(=O)O. The zero-order chi connectivity index (χ0) is 15.4. The lowest BCUT2D eigenvalue weighted by Crippen LogP contribution is -2.38. The number of hydrogen-bond donors (Lipinski definition) is 1. The number of aromatic nitrogens is 1. The Kier molecular flexibility index (Phi) is 4.42. The first-order valence-corrected chi connectivity index (χ1v) is 6.55. The fraction of sp³-hybridized carbons (Fsp3) is 0.188. The van der Waals surface area contributed by atoms with E-state index in [9.17, 15) is 14.0 Å². The van der Waals surface area contributed by atoms with Crippen molar-refractivity contribution in [2.75, 3.05) is 0 Å². The van der Waals surface area contributed by atoms with Crippen molar-refractivity contribution in [1.82, 2.24) is 0 Å². The van der Waals surface area contributed by atoms with Gasteiger partial charge in [0.1, 0.15) is 11.4 Å². The third-order valence-electron chi connectivity index (χ3n) is 3.21. The fourth-order valence-electron chi connectivity index (χ4n) is 2.06. The molecule has 0 atom stereocenters. The number of Topliss-reactive ketones (excluding diaryl/α,β-unsaturated/α-hetero) is 1. The van der Waals surface area contributed by atoms with Gasteiger partial charge in [-0.2, -0.15) is 4.57 Å². The second-order valence-corrected chi connectivity index (χ2v) is 4.64. The van der Waals surface area contributed by atoms with Gasteiger partial charge in [-0.15, -0.1) is 0 Å². The second-order valence-electron chi connectivity index (χ2n) is 4.64. The molecule has 0 bridgehead atoms. The van der Waals surface area contributed by atoms with Gasteiger partial charge in [0.15, 0.2) is 12.4 Å². The van der Waals surface area contributed by atoms with Gasteiger partial charge < -0.3 is 5.11 Å². The summed E-state index contributed by atoms with van der Waals surface area (Å²) in [6.07, 6.45) is 3.73. The minimum atomic E-state index is -1.02. The maximum absolute atomic E-state index is 12.8. The van der Waals surface area contributed by atoms with E-state index < -0.39 is 11.8 Å². The highest BCUT2D eigenvalue weighted by molar-refractivity contribution is 5.95. The van der Waals surface area contributed by atoms with Gasteiger partial charge in [-0.05, 0) is 36.2 Å². The number of pyridine rings is 1. The maximum Gasteiger partial charge on any atom is 0.342 e. The molecule has 21 heavy (non-hydrogen) atoms. The molecule has 0 spiro atoms. The number of aryl methyl sites for hydroxylation is 1. The molecule has 0 aliphatic carbocycles. The van der Waals surface area contributed by atoms with Crippen LogP contribution in [-0.4, -0.2) is 16.9 Å². The third kappa shape index (κ3) is 3.51. The average Bonchev–Trinajstić information content (AvgIpc) is 2.47. The molecule has 1 N–H and O–H groups in total. The second kappa shape index (κ2) is 6.26. The van der Waals surface area contributed by atoms with Crippen molar-refractivity contribution in [3.63, 3.8) is 0 Å². The summed E-state index contributed by atoms with van der Waals surface area (Å²) in [5, 5.41) is 9.16. The predicted octanol–water partition coefficient (Wildman–Crippen LogP) is 2.26. The van der Waals surface area contributed by atoms with Crippen molar-refractivity contribution < 1.29 is 23.7 Å². The quantitative estimate of drug-likeness (QED) is 0.678. The minimum Gasteiger partial charge on any atom is -0.477 e. The molecule has 0 aliphatic rings. The minimum absolute atomic E-state index is 0.00983. The maximum atomic E-state index is 12.8. The van der Waals surface area contributed by atoms with E-state index in [0.29, 0.717) is 17.5 Å². The van der Waals surface area contributed by atoms with Gasteiger partial charge >= 0.3 is 5.97 Å².